The van der Waals surface area contributed by atoms with Crippen LogP contribution in [0.4, 0.5) is 0 Å². The normalized spacial score (nSPS) is 14.4. The lowest BCUT2D eigenvalue weighted by atomic mass is 9.90. The number of hydrogen-bond donors (Lipinski definition) is 2. The summed E-state index contributed by atoms with van der Waals surface area (Å²) in [6, 6.07) is -0.752. The van der Waals surface area contributed by atoms with Crippen molar-refractivity contribution in [3.05, 3.63) is 0 Å². The van der Waals surface area contributed by atoms with Gasteiger partial charge in [-0.15, -0.1) is 0 Å². The van der Waals surface area contributed by atoms with Crippen molar-refractivity contribution in [2.24, 2.45) is 11.1 Å². The third-order valence-electron chi connectivity index (χ3n) is 2.83. The monoisotopic (exact) mass is 264 g/mol. The maximum atomic E-state index is 11.6. The second kappa shape index (κ2) is 6.35. The molecule has 0 aromatic heterocycles. The topological polar surface area (TPSA) is 89.3 Å². The molecule has 0 fully saturated rings. The first-order valence-corrected chi connectivity index (χ1v) is 7.84. The van der Waals surface area contributed by atoms with Crippen molar-refractivity contribution in [3.8, 4) is 0 Å². The van der Waals surface area contributed by atoms with Gasteiger partial charge in [-0.1, -0.05) is 20.8 Å². The first kappa shape index (κ1) is 16.4. The molecule has 1 atom stereocenters. The number of sulfone groups is 1. The van der Waals surface area contributed by atoms with Gasteiger partial charge in [0.25, 0.3) is 0 Å². The second-order valence-electron chi connectivity index (χ2n) is 5.26. The van der Waals surface area contributed by atoms with Crippen LogP contribution in [-0.2, 0) is 14.6 Å². The van der Waals surface area contributed by atoms with E-state index in [1.807, 2.05) is 0 Å². The Labute approximate surface area is 104 Å². The first-order chi connectivity index (χ1) is 7.57. The molecule has 5 nitrogen and oxygen atoms in total. The van der Waals surface area contributed by atoms with Gasteiger partial charge in [-0.2, -0.15) is 0 Å². The highest BCUT2D eigenvalue weighted by Gasteiger charge is 2.20. The summed E-state index contributed by atoms with van der Waals surface area (Å²) in [6.07, 6.45) is 2.25. The highest BCUT2D eigenvalue weighted by atomic mass is 32.2. The Balaban J connectivity index is 4.07. The molecule has 3 N–H and O–H groups in total. The summed E-state index contributed by atoms with van der Waals surface area (Å²) in [7, 11) is -3.06. The summed E-state index contributed by atoms with van der Waals surface area (Å²) in [6.45, 7) is 6.70. The number of amides is 1. The third-order valence-corrected chi connectivity index (χ3v) is 3.81. The zero-order valence-corrected chi connectivity index (χ0v) is 11.9. The number of nitrogens with one attached hydrogen (secondary N) is 1. The predicted octanol–water partition coefficient (Wildman–Crippen LogP) is 0.301. The zero-order valence-electron chi connectivity index (χ0n) is 11.1. The molecule has 0 saturated heterocycles. The molecule has 0 aliphatic rings. The van der Waals surface area contributed by atoms with Gasteiger partial charge in [0.2, 0.25) is 5.91 Å². The van der Waals surface area contributed by atoms with Crippen LogP contribution in [0.3, 0.4) is 0 Å². The molecule has 0 aliphatic carbocycles. The van der Waals surface area contributed by atoms with Crippen molar-refractivity contribution >= 4 is 15.7 Å². The van der Waals surface area contributed by atoms with Crippen LogP contribution in [0, 0.1) is 5.41 Å². The lowest BCUT2D eigenvalue weighted by Crippen LogP contribution is -2.44. The molecular weight excluding hydrogens is 240 g/mol. The van der Waals surface area contributed by atoms with Crippen molar-refractivity contribution in [1.29, 1.82) is 0 Å². The van der Waals surface area contributed by atoms with Gasteiger partial charge in [-0.05, 0) is 18.3 Å². The average molecular weight is 264 g/mol. The van der Waals surface area contributed by atoms with E-state index in [-0.39, 0.29) is 23.5 Å². The number of hydrogen-bond acceptors (Lipinski definition) is 4. The standard InChI is InChI=1S/C11H24N2O3S/c1-5-11(2,3)8-13-10(14)9(12)6-7-17(4,15)16/h9H,5-8,12H2,1-4H3,(H,13,14). The molecule has 17 heavy (non-hydrogen) atoms. The van der Waals surface area contributed by atoms with Crippen molar-refractivity contribution in [3.63, 3.8) is 0 Å². The van der Waals surface area contributed by atoms with Gasteiger partial charge < -0.3 is 11.1 Å². The molecule has 0 rings (SSSR count). The van der Waals surface area contributed by atoms with Crippen LogP contribution < -0.4 is 11.1 Å². The third kappa shape index (κ3) is 8.15. The fraction of sp³-hybridized carbons (Fsp3) is 0.909. The van der Waals surface area contributed by atoms with Crippen LogP contribution in [0.5, 0.6) is 0 Å². The fourth-order valence-corrected chi connectivity index (χ4v) is 1.74. The van der Waals surface area contributed by atoms with Crippen molar-refractivity contribution in [2.75, 3.05) is 18.6 Å². The minimum absolute atomic E-state index is 0.0339. The lowest BCUT2D eigenvalue weighted by molar-refractivity contribution is -0.122. The Morgan fingerprint density at radius 3 is 2.35 bits per heavy atom. The van der Waals surface area contributed by atoms with Gasteiger partial charge in [-0.25, -0.2) is 8.42 Å². The summed E-state index contributed by atoms with van der Waals surface area (Å²) >= 11 is 0. The summed E-state index contributed by atoms with van der Waals surface area (Å²) in [5.41, 5.74) is 5.65. The summed E-state index contributed by atoms with van der Waals surface area (Å²) in [4.78, 5) is 11.6. The Bertz CT molecular complexity index is 350. The molecule has 0 aromatic rings. The van der Waals surface area contributed by atoms with Gasteiger partial charge in [0, 0.05) is 12.8 Å². The molecular formula is C11H24N2O3S. The largest absolute Gasteiger partial charge is 0.354 e. The van der Waals surface area contributed by atoms with Gasteiger partial charge in [0.05, 0.1) is 11.8 Å². The quantitative estimate of drug-likeness (QED) is 0.692. The summed E-state index contributed by atoms with van der Waals surface area (Å²) in [5.74, 6) is -0.339. The van der Waals surface area contributed by atoms with Crippen molar-refractivity contribution < 1.29 is 13.2 Å². The highest BCUT2D eigenvalue weighted by molar-refractivity contribution is 7.90. The van der Waals surface area contributed by atoms with E-state index in [2.05, 4.69) is 26.1 Å². The van der Waals surface area contributed by atoms with E-state index in [0.717, 1.165) is 12.7 Å². The first-order valence-electron chi connectivity index (χ1n) is 5.78. The van der Waals surface area contributed by atoms with E-state index in [4.69, 9.17) is 5.73 Å². The Kier molecular flexibility index (Phi) is 6.12. The smallest absolute Gasteiger partial charge is 0.236 e. The predicted molar refractivity (Wildman–Crippen MR) is 69.4 cm³/mol. The van der Waals surface area contributed by atoms with Gasteiger partial charge >= 0.3 is 0 Å². The van der Waals surface area contributed by atoms with Crippen LogP contribution in [-0.4, -0.2) is 38.9 Å². The second-order valence-corrected chi connectivity index (χ2v) is 7.52. The van der Waals surface area contributed by atoms with Gasteiger partial charge in [0.1, 0.15) is 9.84 Å². The van der Waals surface area contributed by atoms with E-state index in [9.17, 15) is 13.2 Å². The molecule has 0 bridgehead atoms. The lowest BCUT2D eigenvalue weighted by Gasteiger charge is -2.23. The maximum Gasteiger partial charge on any atom is 0.236 e. The molecule has 0 spiro atoms. The molecule has 1 amide bonds. The van der Waals surface area contributed by atoms with Crippen LogP contribution in [0.1, 0.15) is 33.6 Å². The summed E-state index contributed by atoms with van der Waals surface area (Å²) < 4.78 is 21.9. The molecule has 0 radical (unpaired) electrons. The molecule has 1 unspecified atom stereocenters. The van der Waals surface area contributed by atoms with Gasteiger partial charge in [-0.3, -0.25) is 4.79 Å². The molecule has 6 heteroatoms. The van der Waals surface area contributed by atoms with Gasteiger partial charge in [0.15, 0.2) is 0 Å². The maximum absolute atomic E-state index is 11.6. The van der Waals surface area contributed by atoms with E-state index in [1.165, 1.54) is 0 Å². The molecule has 0 aliphatic heterocycles. The minimum atomic E-state index is -3.06. The van der Waals surface area contributed by atoms with Crippen LogP contribution in [0.15, 0.2) is 0 Å². The average Bonchev–Trinajstić information content (AvgIpc) is 2.21. The molecule has 0 aromatic carbocycles. The highest BCUT2D eigenvalue weighted by Crippen LogP contribution is 2.17. The van der Waals surface area contributed by atoms with E-state index >= 15 is 0 Å². The number of carbonyl (C=O) groups is 1. The van der Waals surface area contributed by atoms with E-state index < -0.39 is 15.9 Å². The van der Waals surface area contributed by atoms with Crippen molar-refractivity contribution in [2.45, 2.75) is 39.7 Å². The Hall–Kier alpha value is -0.620. The SMILES string of the molecule is CCC(C)(C)CNC(=O)C(N)CCS(C)(=O)=O. The Morgan fingerprint density at radius 1 is 1.41 bits per heavy atom. The minimum Gasteiger partial charge on any atom is -0.354 e. The molecule has 0 saturated carbocycles. The van der Waals surface area contributed by atoms with Crippen molar-refractivity contribution in [1.82, 2.24) is 5.32 Å². The number of rotatable bonds is 7. The van der Waals surface area contributed by atoms with Crippen LogP contribution >= 0.6 is 0 Å². The van der Waals surface area contributed by atoms with E-state index in [0.29, 0.717) is 6.54 Å². The zero-order chi connectivity index (χ0) is 13.7. The number of carbonyl (C=O) groups excluding carboxylic acids is 1. The fourth-order valence-electron chi connectivity index (χ4n) is 1.05. The van der Waals surface area contributed by atoms with E-state index in [1.54, 1.807) is 0 Å². The Morgan fingerprint density at radius 2 is 1.94 bits per heavy atom. The van der Waals surface area contributed by atoms with Crippen LogP contribution in [0.2, 0.25) is 0 Å². The number of nitrogens with two attached hydrogens (primary N) is 1. The summed E-state index contributed by atoms with van der Waals surface area (Å²) in [5, 5.41) is 2.75. The molecule has 0 heterocycles. The van der Waals surface area contributed by atoms with Crippen LogP contribution in [0.25, 0.3) is 0 Å². The molecule has 102 valence electrons.